The van der Waals surface area contributed by atoms with Crippen LogP contribution in [0.25, 0.3) is 0 Å². The molecule has 0 spiro atoms. The zero-order chi connectivity index (χ0) is 16.0. The Balaban J connectivity index is 3.12. The molecule has 0 radical (unpaired) electrons. The maximum Gasteiger partial charge on any atom is 0.337 e. The average Bonchev–Trinajstić information content (AvgIpc) is 2.49. The summed E-state index contributed by atoms with van der Waals surface area (Å²) in [7, 11) is 1.45. The fourth-order valence-electron chi connectivity index (χ4n) is 2.14. The minimum absolute atomic E-state index is 0.0131. The van der Waals surface area contributed by atoms with Crippen molar-refractivity contribution in [3.63, 3.8) is 0 Å². The van der Waals surface area contributed by atoms with E-state index in [4.69, 9.17) is 10.5 Å². The normalized spacial score (nSPS) is 11.0. The summed E-state index contributed by atoms with van der Waals surface area (Å²) in [6.45, 7) is 3.99. The van der Waals surface area contributed by atoms with Crippen molar-refractivity contribution in [2.24, 2.45) is 11.1 Å². The van der Waals surface area contributed by atoms with Crippen molar-refractivity contribution in [3.05, 3.63) is 23.8 Å². The van der Waals surface area contributed by atoms with Gasteiger partial charge in [0.1, 0.15) is 5.75 Å². The molecular weight excluding hydrogens is 272 g/mol. The van der Waals surface area contributed by atoms with Crippen LogP contribution in [-0.2, 0) is 4.79 Å². The maximum atomic E-state index is 12.4. The smallest absolute Gasteiger partial charge is 0.337 e. The summed E-state index contributed by atoms with van der Waals surface area (Å²) >= 11 is 0. The second-order valence-corrected chi connectivity index (χ2v) is 4.86. The van der Waals surface area contributed by atoms with E-state index < -0.39 is 11.4 Å². The number of nitrogens with two attached hydrogens (primary N) is 1. The number of anilines is 1. The summed E-state index contributed by atoms with van der Waals surface area (Å²) < 4.78 is 5.00. The Morgan fingerprint density at radius 1 is 1.33 bits per heavy atom. The quantitative estimate of drug-likeness (QED) is 0.714. The highest BCUT2D eigenvalue weighted by Gasteiger charge is 2.33. The van der Waals surface area contributed by atoms with Crippen LogP contribution in [0.5, 0.6) is 5.75 Å². The SMILES string of the molecule is CCC(CC)(CN)C(=O)Nc1ccc(OC)cc1C(=O)O. The molecule has 0 fully saturated rings. The van der Waals surface area contributed by atoms with Crippen LogP contribution >= 0.6 is 0 Å². The molecule has 0 aliphatic carbocycles. The Morgan fingerprint density at radius 2 is 1.95 bits per heavy atom. The maximum absolute atomic E-state index is 12.4. The van der Waals surface area contributed by atoms with Crippen molar-refractivity contribution in [1.29, 1.82) is 0 Å². The van der Waals surface area contributed by atoms with Crippen molar-refractivity contribution in [2.45, 2.75) is 26.7 Å². The molecule has 1 rings (SSSR count). The Hall–Kier alpha value is -2.08. The van der Waals surface area contributed by atoms with Crippen LogP contribution in [0.4, 0.5) is 5.69 Å². The molecule has 116 valence electrons. The molecule has 0 heterocycles. The second kappa shape index (κ2) is 7.08. The zero-order valence-corrected chi connectivity index (χ0v) is 12.6. The van der Waals surface area contributed by atoms with E-state index in [2.05, 4.69) is 5.32 Å². The highest BCUT2D eigenvalue weighted by molar-refractivity contribution is 6.02. The zero-order valence-electron chi connectivity index (χ0n) is 12.6. The van der Waals surface area contributed by atoms with E-state index in [0.717, 1.165) is 0 Å². The van der Waals surface area contributed by atoms with Gasteiger partial charge < -0.3 is 20.9 Å². The molecule has 0 aromatic heterocycles. The number of rotatable bonds is 7. The number of aromatic carboxylic acids is 1. The number of hydrogen-bond donors (Lipinski definition) is 3. The summed E-state index contributed by atoms with van der Waals surface area (Å²) in [6, 6.07) is 4.50. The van der Waals surface area contributed by atoms with E-state index in [9.17, 15) is 14.7 Å². The third-order valence-electron chi connectivity index (χ3n) is 3.93. The standard InChI is InChI=1S/C15H22N2O4/c1-4-15(5-2,9-16)14(20)17-12-7-6-10(21-3)8-11(12)13(18)19/h6-8H,4-5,9,16H2,1-3H3,(H,17,20)(H,18,19). The fourth-order valence-corrected chi connectivity index (χ4v) is 2.14. The van der Waals surface area contributed by atoms with Crippen molar-refractivity contribution in [3.8, 4) is 5.75 Å². The van der Waals surface area contributed by atoms with Crippen LogP contribution in [0.15, 0.2) is 18.2 Å². The molecule has 1 aromatic carbocycles. The fraction of sp³-hybridized carbons (Fsp3) is 0.467. The molecule has 0 aliphatic heterocycles. The number of nitrogens with one attached hydrogen (secondary N) is 1. The van der Waals surface area contributed by atoms with Crippen molar-refractivity contribution in [1.82, 2.24) is 0 Å². The number of benzene rings is 1. The highest BCUT2D eigenvalue weighted by atomic mass is 16.5. The number of carbonyl (C=O) groups is 2. The molecule has 0 aliphatic rings. The first-order valence-corrected chi connectivity index (χ1v) is 6.87. The summed E-state index contributed by atoms with van der Waals surface area (Å²) in [6.07, 6.45) is 1.18. The van der Waals surface area contributed by atoms with E-state index in [0.29, 0.717) is 18.6 Å². The monoisotopic (exact) mass is 294 g/mol. The van der Waals surface area contributed by atoms with Gasteiger partial charge in [-0.05, 0) is 31.0 Å². The number of ether oxygens (including phenoxy) is 1. The molecule has 1 aromatic rings. The molecule has 0 saturated heterocycles. The van der Waals surface area contributed by atoms with Crippen molar-refractivity contribution < 1.29 is 19.4 Å². The lowest BCUT2D eigenvalue weighted by Crippen LogP contribution is -2.41. The van der Waals surface area contributed by atoms with Gasteiger partial charge in [0.05, 0.1) is 23.8 Å². The van der Waals surface area contributed by atoms with E-state index in [-0.39, 0.29) is 23.7 Å². The summed E-state index contributed by atoms with van der Waals surface area (Å²) in [4.78, 5) is 23.7. The lowest BCUT2D eigenvalue weighted by molar-refractivity contribution is -0.125. The molecule has 0 atom stereocenters. The van der Waals surface area contributed by atoms with Gasteiger partial charge in [-0.1, -0.05) is 13.8 Å². The lowest BCUT2D eigenvalue weighted by Gasteiger charge is -2.28. The topological polar surface area (TPSA) is 102 Å². The van der Waals surface area contributed by atoms with Crippen molar-refractivity contribution >= 4 is 17.6 Å². The largest absolute Gasteiger partial charge is 0.497 e. The second-order valence-electron chi connectivity index (χ2n) is 4.86. The minimum atomic E-state index is -1.13. The van der Waals surface area contributed by atoms with Crippen molar-refractivity contribution in [2.75, 3.05) is 19.0 Å². The first-order chi connectivity index (χ1) is 9.93. The predicted molar refractivity (Wildman–Crippen MR) is 80.7 cm³/mol. The van der Waals surface area contributed by atoms with Gasteiger partial charge in [0, 0.05) is 6.54 Å². The average molecular weight is 294 g/mol. The molecule has 0 saturated carbocycles. The Bertz CT molecular complexity index is 516. The molecule has 6 nitrogen and oxygen atoms in total. The van der Waals surface area contributed by atoms with Crippen LogP contribution in [-0.4, -0.2) is 30.6 Å². The van der Waals surface area contributed by atoms with E-state index >= 15 is 0 Å². The molecule has 21 heavy (non-hydrogen) atoms. The van der Waals surface area contributed by atoms with E-state index in [1.54, 1.807) is 6.07 Å². The van der Waals surface area contributed by atoms with Crippen LogP contribution in [0.2, 0.25) is 0 Å². The third-order valence-corrected chi connectivity index (χ3v) is 3.93. The van der Waals surface area contributed by atoms with Crippen LogP contribution < -0.4 is 15.8 Å². The Kier molecular flexibility index (Phi) is 5.72. The summed E-state index contributed by atoms with van der Waals surface area (Å²) in [5.41, 5.74) is 5.28. The van der Waals surface area contributed by atoms with E-state index in [1.807, 2.05) is 13.8 Å². The molecule has 6 heteroatoms. The molecule has 0 bridgehead atoms. The molecular formula is C15H22N2O4. The number of carboxylic acid groups (broad SMARTS) is 1. The van der Waals surface area contributed by atoms with Gasteiger partial charge in [0.2, 0.25) is 5.91 Å². The summed E-state index contributed by atoms with van der Waals surface area (Å²) in [5.74, 6) is -0.973. The first kappa shape index (κ1) is 17.0. The number of hydrogen-bond acceptors (Lipinski definition) is 4. The van der Waals surface area contributed by atoms with Gasteiger partial charge in [0.15, 0.2) is 0 Å². The van der Waals surface area contributed by atoms with Gasteiger partial charge >= 0.3 is 5.97 Å². The van der Waals surface area contributed by atoms with Gasteiger partial charge in [0.25, 0.3) is 0 Å². The Morgan fingerprint density at radius 3 is 2.38 bits per heavy atom. The van der Waals surface area contributed by atoms with Crippen LogP contribution in [0.3, 0.4) is 0 Å². The minimum Gasteiger partial charge on any atom is -0.497 e. The number of carboxylic acids is 1. The highest BCUT2D eigenvalue weighted by Crippen LogP contribution is 2.29. The first-order valence-electron chi connectivity index (χ1n) is 6.87. The molecule has 4 N–H and O–H groups in total. The third kappa shape index (κ3) is 3.52. The van der Waals surface area contributed by atoms with Gasteiger partial charge in [-0.25, -0.2) is 4.79 Å². The van der Waals surface area contributed by atoms with E-state index in [1.165, 1.54) is 19.2 Å². The summed E-state index contributed by atoms with van der Waals surface area (Å²) in [5, 5.41) is 11.9. The van der Waals surface area contributed by atoms with Crippen LogP contribution in [0, 0.1) is 5.41 Å². The van der Waals surface area contributed by atoms with Gasteiger partial charge in [-0.15, -0.1) is 0 Å². The number of carbonyl (C=O) groups excluding carboxylic acids is 1. The molecule has 0 unspecified atom stereocenters. The number of amides is 1. The number of methoxy groups -OCH3 is 1. The van der Waals surface area contributed by atoms with Gasteiger partial charge in [-0.2, -0.15) is 0 Å². The van der Waals surface area contributed by atoms with Gasteiger partial charge in [-0.3, -0.25) is 4.79 Å². The van der Waals surface area contributed by atoms with Crippen LogP contribution in [0.1, 0.15) is 37.0 Å². The Labute approximate surface area is 124 Å². The molecule has 1 amide bonds. The lowest BCUT2D eigenvalue weighted by atomic mass is 9.81. The predicted octanol–water partition coefficient (Wildman–Crippen LogP) is 2.10.